The standard InChI is InChI=1S/C15H23NOS/c1-2-4-12(3-1)10-17-11-15-8-7-14(18-15)9-16-13-5-6-13/h7-8,12-13,16H,1-6,9-11H2. The minimum Gasteiger partial charge on any atom is -0.376 e. The maximum absolute atomic E-state index is 5.84. The average Bonchev–Trinajstić information content (AvgIpc) is 2.89. The van der Waals surface area contributed by atoms with Crippen LogP contribution in [0.15, 0.2) is 12.1 Å². The Morgan fingerprint density at radius 1 is 1.11 bits per heavy atom. The van der Waals surface area contributed by atoms with Crippen molar-refractivity contribution in [3.8, 4) is 0 Å². The second kappa shape index (κ2) is 6.18. The van der Waals surface area contributed by atoms with Crippen LogP contribution in [-0.4, -0.2) is 12.6 Å². The molecule has 0 amide bonds. The van der Waals surface area contributed by atoms with Crippen LogP contribution in [0.4, 0.5) is 0 Å². The Morgan fingerprint density at radius 2 is 1.89 bits per heavy atom. The Labute approximate surface area is 114 Å². The molecule has 3 heteroatoms. The third kappa shape index (κ3) is 3.81. The smallest absolute Gasteiger partial charge is 0.0809 e. The fourth-order valence-corrected chi connectivity index (χ4v) is 3.54. The predicted molar refractivity (Wildman–Crippen MR) is 75.8 cm³/mol. The van der Waals surface area contributed by atoms with Crippen LogP contribution in [0.5, 0.6) is 0 Å². The second-order valence-corrected chi connectivity index (χ2v) is 6.94. The molecular formula is C15H23NOS. The molecule has 0 aliphatic heterocycles. The summed E-state index contributed by atoms with van der Waals surface area (Å²) in [5.41, 5.74) is 0. The van der Waals surface area contributed by atoms with Gasteiger partial charge in [-0.05, 0) is 43.7 Å². The molecule has 0 atom stereocenters. The summed E-state index contributed by atoms with van der Waals surface area (Å²) in [6, 6.07) is 5.27. The minimum absolute atomic E-state index is 0.800. The summed E-state index contributed by atoms with van der Waals surface area (Å²) in [5.74, 6) is 0.834. The van der Waals surface area contributed by atoms with Crippen molar-refractivity contribution in [3.63, 3.8) is 0 Å². The highest BCUT2D eigenvalue weighted by Crippen LogP contribution is 2.26. The van der Waals surface area contributed by atoms with E-state index in [1.807, 2.05) is 11.3 Å². The fourth-order valence-electron chi connectivity index (χ4n) is 2.63. The Balaban J connectivity index is 1.36. The molecule has 0 aromatic carbocycles. The molecule has 1 aromatic heterocycles. The van der Waals surface area contributed by atoms with E-state index < -0.39 is 0 Å². The third-order valence-corrected chi connectivity index (χ3v) is 4.99. The van der Waals surface area contributed by atoms with Gasteiger partial charge in [-0.1, -0.05) is 12.8 Å². The SMILES string of the molecule is c1cc(COCC2CCCC2)sc1CNC1CC1. The van der Waals surface area contributed by atoms with Crippen molar-refractivity contribution in [2.45, 2.75) is 57.7 Å². The van der Waals surface area contributed by atoms with E-state index in [4.69, 9.17) is 4.74 Å². The number of hydrogen-bond donors (Lipinski definition) is 1. The molecule has 18 heavy (non-hydrogen) atoms. The summed E-state index contributed by atoms with van der Waals surface area (Å²) < 4.78 is 5.84. The summed E-state index contributed by atoms with van der Waals surface area (Å²) in [4.78, 5) is 2.82. The monoisotopic (exact) mass is 265 g/mol. The molecule has 1 N–H and O–H groups in total. The number of nitrogens with one attached hydrogen (secondary N) is 1. The van der Waals surface area contributed by atoms with Crippen LogP contribution in [-0.2, 0) is 17.9 Å². The zero-order valence-electron chi connectivity index (χ0n) is 11.0. The van der Waals surface area contributed by atoms with Crippen LogP contribution in [0.25, 0.3) is 0 Å². The fraction of sp³-hybridized carbons (Fsp3) is 0.733. The van der Waals surface area contributed by atoms with Gasteiger partial charge in [-0.25, -0.2) is 0 Å². The largest absolute Gasteiger partial charge is 0.376 e. The summed E-state index contributed by atoms with van der Waals surface area (Å²) >= 11 is 1.90. The first kappa shape index (κ1) is 12.6. The van der Waals surface area contributed by atoms with E-state index >= 15 is 0 Å². The minimum atomic E-state index is 0.800. The van der Waals surface area contributed by atoms with Crippen LogP contribution in [0.1, 0.15) is 48.3 Å². The van der Waals surface area contributed by atoms with Crippen LogP contribution in [0.3, 0.4) is 0 Å². The maximum atomic E-state index is 5.84. The first-order valence-corrected chi connectivity index (χ1v) is 8.10. The molecule has 100 valence electrons. The zero-order chi connectivity index (χ0) is 12.2. The molecule has 3 rings (SSSR count). The van der Waals surface area contributed by atoms with E-state index in [0.29, 0.717) is 0 Å². The third-order valence-electron chi connectivity index (χ3n) is 3.93. The zero-order valence-corrected chi connectivity index (χ0v) is 11.8. The van der Waals surface area contributed by atoms with Gasteiger partial charge < -0.3 is 10.1 Å². The lowest BCUT2D eigenvalue weighted by Crippen LogP contribution is -2.14. The van der Waals surface area contributed by atoms with Crippen molar-refractivity contribution in [1.82, 2.24) is 5.32 Å². The quantitative estimate of drug-likeness (QED) is 0.811. The van der Waals surface area contributed by atoms with Crippen molar-refractivity contribution in [1.29, 1.82) is 0 Å². The van der Waals surface area contributed by atoms with E-state index in [9.17, 15) is 0 Å². The van der Waals surface area contributed by atoms with Gasteiger partial charge in [-0.2, -0.15) is 0 Å². The number of ether oxygens (including phenoxy) is 1. The molecule has 1 aromatic rings. The number of hydrogen-bond acceptors (Lipinski definition) is 3. The summed E-state index contributed by atoms with van der Waals surface area (Å²) in [5, 5.41) is 3.56. The molecule has 0 radical (unpaired) electrons. The molecule has 2 aliphatic carbocycles. The predicted octanol–water partition coefficient (Wildman–Crippen LogP) is 3.71. The molecular weight excluding hydrogens is 242 g/mol. The molecule has 0 saturated heterocycles. The topological polar surface area (TPSA) is 21.3 Å². The Kier molecular flexibility index (Phi) is 4.34. The van der Waals surface area contributed by atoms with Crippen molar-refractivity contribution in [2.24, 2.45) is 5.92 Å². The highest BCUT2D eigenvalue weighted by Gasteiger charge is 2.20. The summed E-state index contributed by atoms with van der Waals surface area (Å²) in [7, 11) is 0. The first-order valence-electron chi connectivity index (χ1n) is 7.29. The molecule has 1 heterocycles. The molecule has 0 spiro atoms. The van der Waals surface area contributed by atoms with Crippen molar-refractivity contribution in [3.05, 3.63) is 21.9 Å². The lowest BCUT2D eigenvalue weighted by Gasteiger charge is -2.08. The van der Waals surface area contributed by atoms with Crippen LogP contribution in [0, 0.1) is 5.92 Å². The van der Waals surface area contributed by atoms with Crippen molar-refractivity contribution < 1.29 is 4.74 Å². The maximum Gasteiger partial charge on any atom is 0.0809 e. The van der Waals surface area contributed by atoms with E-state index in [1.165, 1.54) is 48.3 Å². The van der Waals surface area contributed by atoms with E-state index in [1.54, 1.807) is 0 Å². The molecule has 2 aliphatic rings. The molecule has 0 unspecified atom stereocenters. The van der Waals surface area contributed by atoms with Gasteiger partial charge in [0.1, 0.15) is 0 Å². The summed E-state index contributed by atoms with van der Waals surface area (Å²) in [6.45, 7) is 2.82. The second-order valence-electron chi connectivity index (χ2n) is 5.69. The van der Waals surface area contributed by atoms with Gasteiger partial charge in [0.25, 0.3) is 0 Å². The number of rotatable bonds is 7. The number of thiophene rings is 1. The molecule has 2 fully saturated rings. The van der Waals surface area contributed by atoms with Gasteiger partial charge in [-0.3, -0.25) is 0 Å². The van der Waals surface area contributed by atoms with E-state index in [-0.39, 0.29) is 0 Å². The van der Waals surface area contributed by atoms with Crippen molar-refractivity contribution >= 4 is 11.3 Å². The van der Waals surface area contributed by atoms with Gasteiger partial charge in [0, 0.05) is 28.9 Å². The normalized spacial score (nSPS) is 20.7. The van der Waals surface area contributed by atoms with Crippen molar-refractivity contribution in [2.75, 3.05) is 6.61 Å². The van der Waals surface area contributed by atoms with Crippen LogP contribution < -0.4 is 5.32 Å². The van der Waals surface area contributed by atoms with Gasteiger partial charge >= 0.3 is 0 Å². The van der Waals surface area contributed by atoms with Gasteiger partial charge in [-0.15, -0.1) is 11.3 Å². The highest BCUT2D eigenvalue weighted by molar-refractivity contribution is 7.11. The van der Waals surface area contributed by atoms with E-state index in [0.717, 1.165) is 31.7 Å². The Hall–Kier alpha value is -0.380. The van der Waals surface area contributed by atoms with Crippen LogP contribution in [0.2, 0.25) is 0 Å². The lowest BCUT2D eigenvalue weighted by molar-refractivity contribution is 0.0906. The Morgan fingerprint density at radius 3 is 2.67 bits per heavy atom. The summed E-state index contributed by atoms with van der Waals surface area (Å²) in [6.07, 6.45) is 8.29. The molecule has 0 bridgehead atoms. The van der Waals surface area contributed by atoms with E-state index in [2.05, 4.69) is 17.4 Å². The van der Waals surface area contributed by atoms with Crippen LogP contribution >= 0.6 is 11.3 Å². The molecule has 2 nitrogen and oxygen atoms in total. The first-order chi connectivity index (χ1) is 8.90. The highest BCUT2D eigenvalue weighted by atomic mass is 32.1. The lowest BCUT2D eigenvalue weighted by atomic mass is 10.1. The van der Waals surface area contributed by atoms with Gasteiger partial charge in [0.15, 0.2) is 0 Å². The van der Waals surface area contributed by atoms with Gasteiger partial charge in [0.2, 0.25) is 0 Å². The average molecular weight is 265 g/mol. The molecule has 2 saturated carbocycles. The van der Waals surface area contributed by atoms with Gasteiger partial charge in [0.05, 0.1) is 6.61 Å². The Bertz CT molecular complexity index is 366.